The highest BCUT2D eigenvalue weighted by Crippen LogP contribution is 2.33. The summed E-state index contributed by atoms with van der Waals surface area (Å²) in [6.07, 6.45) is 17.3. The van der Waals surface area contributed by atoms with Crippen LogP contribution in [0.2, 0.25) is 0 Å². The van der Waals surface area contributed by atoms with Crippen LogP contribution in [0.5, 0.6) is 0 Å². The topological polar surface area (TPSA) is 54.8 Å². The summed E-state index contributed by atoms with van der Waals surface area (Å²) in [5.41, 5.74) is 13.3. The molecule has 0 aliphatic carbocycles. The van der Waals surface area contributed by atoms with Crippen molar-refractivity contribution in [2.75, 3.05) is 0 Å². The van der Waals surface area contributed by atoms with Gasteiger partial charge in [-0.1, -0.05) is 79.4 Å². The number of hydrogen-bond acceptors (Lipinski definition) is 2. The first-order valence-corrected chi connectivity index (χ1v) is 11.0. The van der Waals surface area contributed by atoms with E-state index in [1.54, 1.807) is 18.2 Å². The Morgan fingerprint density at radius 2 is 1.82 bits per heavy atom. The van der Waals surface area contributed by atoms with Gasteiger partial charge >= 0.3 is 0 Å². The van der Waals surface area contributed by atoms with Crippen molar-refractivity contribution in [3.05, 3.63) is 127 Å². The van der Waals surface area contributed by atoms with Crippen LogP contribution in [-0.2, 0) is 0 Å². The Kier molecular flexibility index (Phi) is 7.82. The highest BCUT2D eigenvalue weighted by molar-refractivity contribution is 6.10. The second-order valence-electron chi connectivity index (χ2n) is 7.78. The van der Waals surface area contributed by atoms with E-state index in [4.69, 9.17) is 11.1 Å². The lowest BCUT2D eigenvalue weighted by atomic mass is 10.1. The Morgan fingerprint density at radius 1 is 1.06 bits per heavy atom. The molecule has 3 aromatic rings. The molecule has 3 N–H and O–H groups in total. The number of nitrogens with one attached hydrogen (secondary N) is 1. The molecule has 0 amide bonds. The number of nitrogens with two attached hydrogens (primary N) is 1. The lowest BCUT2D eigenvalue weighted by Crippen LogP contribution is -2.03. The molecule has 0 saturated heterocycles. The zero-order valence-electron chi connectivity index (χ0n) is 19.4. The molecule has 1 aromatic heterocycles. The average molecular weight is 434 g/mol. The normalized spacial score (nSPS) is 13.8. The Labute approximate surface area is 196 Å². The molecule has 0 saturated carbocycles. The number of fused-ring (bicyclic) bond motifs is 3. The fourth-order valence-electron chi connectivity index (χ4n) is 3.97. The molecule has 3 nitrogen and oxygen atoms in total. The van der Waals surface area contributed by atoms with Crippen molar-refractivity contribution in [1.29, 1.82) is 5.41 Å². The minimum absolute atomic E-state index is 0.554. The van der Waals surface area contributed by atoms with E-state index in [0.29, 0.717) is 17.7 Å². The van der Waals surface area contributed by atoms with Crippen molar-refractivity contribution in [3.8, 4) is 0 Å². The molecule has 2 aromatic carbocycles. The third-order valence-electron chi connectivity index (χ3n) is 5.47. The van der Waals surface area contributed by atoms with Gasteiger partial charge in [-0.2, -0.15) is 0 Å². The summed E-state index contributed by atoms with van der Waals surface area (Å²) in [5.74, 6) is 0. The first-order chi connectivity index (χ1) is 16.0. The second-order valence-corrected chi connectivity index (χ2v) is 7.78. The second kappa shape index (κ2) is 11.0. The van der Waals surface area contributed by atoms with Crippen LogP contribution in [0, 0.1) is 12.3 Å². The van der Waals surface area contributed by atoms with E-state index < -0.39 is 0 Å². The lowest BCUT2D eigenvalue weighted by molar-refractivity contribution is 1.18. The summed E-state index contributed by atoms with van der Waals surface area (Å²) in [6, 6.07) is 14.9. The fourth-order valence-corrected chi connectivity index (χ4v) is 3.97. The van der Waals surface area contributed by atoms with Crippen molar-refractivity contribution in [3.63, 3.8) is 0 Å². The zero-order chi connectivity index (χ0) is 23.8. The van der Waals surface area contributed by atoms with Crippen LogP contribution in [-0.4, -0.2) is 10.8 Å². The largest absolute Gasteiger partial charge is 0.398 e. The van der Waals surface area contributed by atoms with Crippen LogP contribution >= 0.6 is 0 Å². The lowest BCUT2D eigenvalue weighted by Gasteiger charge is -2.12. The van der Waals surface area contributed by atoms with Crippen LogP contribution in [0.1, 0.15) is 18.9 Å². The molecule has 0 radical (unpaired) electrons. The molecular weight excluding hydrogens is 402 g/mol. The van der Waals surface area contributed by atoms with E-state index in [1.165, 1.54) is 22.6 Å². The predicted molar refractivity (Wildman–Crippen MR) is 145 cm³/mol. The molecule has 166 valence electrons. The molecule has 1 heterocycles. The molecule has 33 heavy (non-hydrogen) atoms. The van der Waals surface area contributed by atoms with Gasteiger partial charge in [0.1, 0.15) is 0 Å². The van der Waals surface area contributed by atoms with E-state index in [2.05, 4.69) is 79.3 Å². The number of hydrogen-bond donors (Lipinski definition) is 2. The highest BCUT2D eigenvalue weighted by atomic mass is 15.0. The summed E-state index contributed by atoms with van der Waals surface area (Å²) >= 11 is 0. The van der Waals surface area contributed by atoms with Gasteiger partial charge in [0.2, 0.25) is 0 Å². The molecule has 0 bridgehead atoms. The van der Waals surface area contributed by atoms with Crippen molar-refractivity contribution in [2.45, 2.75) is 20.3 Å². The van der Waals surface area contributed by atoms with Crippen molar-refractivity contribution < 1.29 is 0 Å². The maximum Gasteiger partial charge on any atom is 0.0541 e. The van der Waals surface area contributed by atoms with Gasteiger partial charge < -0.3 is 15.7 Å². The van der Waals surface area contributed by atoms with Gasteiger partial charge in [0.05, 0.1) is 11.0 Å². The summed E-state index contributed by atoms with van der Waals surface area (Å²) in [7, 11) is 0. The van der Waals surface area contributed by atoms with Crippen molar-refractivity contribution >= 4 is 33.7 Å². The first-order valence-electron chi connectivity index (χ1n) is 11.0. The number of benzene rings is 2. The molecule has 0 unspecified atom stereocenters. The summed E-state index contributed by atoms with van der Waals surface area (Å²) in [5, 5.41) is 9.84. The summed E-state index contributed by atoms with van der Waals surface area (Å²) < 4.78 is 2.25. The van der Waals surface area contributed by atoms with Crippen molar-refractivity contribution in [1.82, 2.24) is 4.57 Å². The van der Waals surface area contributed by atoms with E-state index >= 15 is 0 Å². The SMILES string of the molecule is C=C/C=C(\C=C/C)C\C=C(/C=C(N)/C(C=C)=C/C=N)n1c2ccccc2c2cc(C)ccc21. The number of aryl methyl sites for hydroxylation is 1. The van der Waals surface area contributed by atoms with Gasteiger partial charge in [-0.25, -0.2) is 0 Å². The maximum absolute atomic E-state index is 7.44. The van der Waals surface area contributed by atoms with Crippen molar-refractivity contribution in [2.24, 2.45) is 5.73 Å². The molecule has 3 rings (SSSR count). The van der Waals surface area contributed by atoms with E-state index in [-0.39, 0.29) is 0 Å². The van der Waals surface area contributed by atoms with Crippen LogP contribution in [0.25, 0.3) is 27.5 Å². The highest BCUT2D eigenvalue weighted by Gasteiger charge is 2.13. The third-order valence-corrected chi connectivity index (χ3v) is 5.47. The fraction of sp³-hybridized carbons (Fsp3) is 0.100. The smallest absolute Gasteiger partial charge is 0.0541 e. The molecule has 3 heteroatoms. The van der Waals surface area contributed by atoms with Gasteiger partial charge in [0.25, 0.3) is 0 Å². The van der Waals surface area contributed by atoms with Crippen LogP contribution in [0.3, 0.4) is 0 Å². The third kappa shape index (κ3) is 5.21. The Hall–Kier alpha value is -4.11. The number of allylic oxidation sites excluding steroid dienone is 10. The van der Waals surface area contributed by atoms with Crippen LogP contribution in [0.15, 0.2) is 121 Å². The minimum Gasteiger partial charge on any atom is -0.398 e. The van der Waals surface area contributed by atoms with E-state index in [9.17, 15) is 0 Å². The molecule has 0 fully saturated rings. The van der Waals surface area contributed by atoms with E-state index in [0.717, 1.165) is 22.3 Å². The average Bonchev–Trinajstić information content (AvgIpc) is 3.13. The Balaban J connectivity index is 2.33. The van der Waals surface area contributed by atoms with Crippen LogP contribution < -0.4 is 5.73 Å². The first kappa shape index (κ1) is 23.6. The quantitative estimate of drug-likeness (QED) is 0.264. The number of para-hydroxylation sites is 1. The molecular formula is C30H31N3. The summed E-state index contributed by atoms with van der Waals surface area (Å²) in [4.78, 5) is 0. The van der Waals surface area contributed by atoms with Gasteiger partial charge in [-0.3, -0.25) is 0 Å². The van der Waals surface area contributed by atoms with Gasteiger partial charge in [-0.05, 0) is 61.8 Å². The van der Waals surface area contributed by atoms with Gasteiger partial charge in [0.15, 0.2) is 0 Å². The summed E-state index contributed by atoms with van der Waals surface area (Å²) in [6.45, 7) is 11.8. The van der Waals surface area contributed by atoms with Crippen LogP contribution in [0.4, 0.5) is 0 Å². The molecule has 0 spiro atoms. The Morgan fingerprint density at radius 3 is 2.52 bits per heavy atom. The minimum atomic E-state index is 0.554. The molecule has 0 aliphatic heterocycles. The number of aromatic nitrogens is 1. The molecule has 0 aliphatic rings. The number of nitrogens with zero attached hydrogens (tertiary/aromatic N) is 1. The maximum atomic E-state index is 7.44. The van der Waals surface area contributed by atoms with Gasteiger partial charge in [0, 0.05) is 28.4 Å². The Bertz CT molecular complexity index is 1350. The molecule has 0 atom stereocenters. The monoisotopic (exact) mass is 433 g/mol. The number of rotatable bonds is 9. The van der Waals surface area contributed by atoms with E-state index in [1.807, 2.05) is 25.2 Å². The predicted octanol–water partition coefficient (Wildman–Crippen LogP) is 7.63. The van der Waals surface area contributed by atoms with Gasteiger partial charge in [-0.15, -0.1) is 0 Å². The standard InChI is InChI=1S/C30H31N3/c1-5-10-23(11-6-2)15-16-25(21-28(32)24(7-3)18-19-31)33-29-13-9-8-12-26(29)27-20-22(4)14-17-30(27)33/h5-14,16-21,31H,1,3,15,32H2,2,4H3/b11-6-,23-10+,24-18+,25-16+,28-21-,31-19?. The zero-order valence-corrected chi connectivity index (χ0v) is 19.4.